The Bertz CT molecular complexity index is 1180. The second-order valence-corrected chi connectivity index (χ2v) is 9.37. The highest BCUT2D eigenvalue weighted by molar-refractivity contribution is 9.10. The predicted molar refractivity (Wildman–Crippen MR) is 114 cm³/mol. The van der Waals surface area contributed by atoms with E-state index in [0.717, 1.165) is 0 Å². The van der Waals surface area contributed by atoms with Crippen molar-refractivity contribution in [1.82, 2.24) is 25.0 Å². The van der Waals surface area contributed by atoms with Crippen LogP contribution in [0.15, 0.2) is 45.8 Å². The first-order chi connectivity index (χ1) is 14.2. The maximum absolute atomic E-state index is 13.8. The Kier molecular flexibility index (Phi) is 6.68. The highest BCUT2D eigenvalue weighted by Gasteiger charge is 2.17. The number of hydrogen-bond acceptors (Lipinski definition) is 5. The van der Waals surface area contributed by atoms with Crippen LogP contribution in [0, 0.1) is 5.82 Å². The molecule has 0 radical (unpaired) electrons. The van der Waals surface area contributed by atoms with E-state index in [4.69, 9.17) is 0 Å². The average Bonchev–Trinajstić information content (AvgIpc) is 3.05. The molecule has 3 aromatic rings. The molecule has 0 bridgehead atoms. The normalized spacial score (nSPS) is 11.8. The minimum absolute atomic E-state index is 0.0608. The number of rotatable bonds is 7. The summed E-state index contributed by atoms with van der Waals surface area (Å²) in [5.41, 5.74) is 1.10. The molecule has 2 aromatic carbocycles. The van der Waals surface area contributed by atoms with Crippen molar-refractivity contribution in [1.29, 1.82) is 0 Å². The number of urea groups is 1. The Hall–Kier alpha value is -2.57. The van der Waals surface area contributed by atoms with Crippen LogP contribution in [0.1, 0.15) is 13.8 Å². The van der Waals surface area contributed by atoms with Gasteiger partial charge in [0.05, 0.1) is 22.6 Å². The summed E-state index contributed by atoms with van der Waals surface area (Å²) in [7, 11) is -3.63. The fourth-order valence-corrected chi connectivity index (χ4v) is 4.30. The summed E-state index contributed by atoms with van der Waals surface area (Å²) in [6, 6.07) is 8.06. The number of amides is 2. The molecule has 160 valence electrons. The highest BCUT2D eigenvalue weighted by Crippen LogP contribution is 2.19. The van der Waals surface area contributed by atoms with Crippen molar-refractivity contribution in [3.8, 4) is 0 Å². The fourth-order valence-electron chi connectivity index (χ4n) is 2.70. The summed E-state index contributed by atoms with van der Waals surface area (Å²) in [5.74, 6) is -0.556. The molecule has 2 amide bonds. The maximum atomic E-state index is 13.8. The number of nitrogens with one attached hydrogen (secondary N) is 3. The molecule has 0 spiro atoms. The number of halogens is 2. The minimum Gasteiger partial charge on any atom is -0.336 e. The second-order valence-electron chi connectivity index (χ2n) is 6.74. The molecule has 0 atom stereocenters. The molecule has 0 aliphatic carbocycles. The number of benzene rings is 2. The monoisotopic (exact) mass is 498 g/mol. The van der Waals surface area contributed by atoms with Crippen molar-refractivity contribution in [2.45, 2.75) is 31.3 Å². The average molecular weight is 499 g/mol. The van der Waals surface area contributed by atoms with E-state index < -0.39 is 21.9 Å². The van der Waals surface area contributed by atoms with Crippen molar-refractivity contribution in [3.63, 3.8) is 0 Å². The van der Waals surface area contributed by atoms with Gasteiger partial charge in [0, 0.05) is 17.1 Å². The molecule has 30 heavy (non-hydrogen) atoms. The van der Waals surface area contributed by atoms with Gasteiger partial charge in [0.2, 0.25) is 10.0 Å². The first-order valence-corrected chi connectivity index (χ1v) is 11.3. The predicted octanol–water partition coefficient (Wildman–Crippen LogP) is 2.84. The van der Waals surface area contributed by atoms with Gasteiger partial charge in [-0.15, -0.1) is 5.10 Å². The zero-order valence-corrected chi connectivity index (χ0v) is 18.6. The fraction of sp³-hybridized carbons (Fsp3) is 0.278. The topological polar surface area (TPSA) is 118 Å². The van der Waals surface area contributed by atoms with Crippen LogP contribution >= 0.6 is 15.9 Å². The molecule has 3 N–H and O–H groups in total. The zero-order valence-electron chi connectivity index (χ0n) is 16.2. The molecule has 9 nitrogen and oxygen atoms in total. The SMILES string of the molecule is CC(C)NS(=O)(=O)c1ccc2c(c1)nnn2CCNC(=O)Nc1ccc(Br)cc1F. The molecule has 0 aliphatic rings. The zero-order chi connectivity index (χ0) is 21.9. The van der Waals surface area contributed by atoms with Gasteiger partial charge in [-0.05, 0) is 50.2 Å². The third kappa shape index (κ3) is 5.32. The van der Waals surface area contributed by atoms with Gasteiger partial charge in [0.1, 0.15) is 11.3 Å². The third-order valence-corrected chi connectivity index (χ3v) is 6.12. The molecule has 0 saturated carbocycles. The Balaban J connectivity index is 1.62. The Morgan fingerprint density at radius 2 is 2.00 bits per heavy atom. The van der Waals surface area contributed by atoms with Crippen molar-refractivity contribution >= 4 is 48.7 Å². The second kappa shape index (κ2) is 9.06. The Morgan fingerprint density at radius 1 is 1.23 bits per heavy atom. The number of carbonyl (C=O) groups excluding carboxylic acids is 1. The molecule has 0 unspecified atom stereocenters. The van der Waals surface area contributed by atoms with Gasteiger partial charge >= 0.3 is 6.03 Å². The van der Waals surface area contributed by atoms with E-state index in [1.54, 1.807) is 30.7 Å². The van der Waals surface area contributed by atoms with Gasteiger partial charge in [0.25, 0.3) is 0 Å². The Labute approximate surface area is 181 Å². The van der Waals surface area contributed by atoms with Crippen molar-refractivity contribution in [2.75, 3.05) is 11.9 Å². The van der Waals surface area contributed by atoms with Crippen LogP contribution in [-0.4, -0.2) is 42.0 Å². The molecule has 0 aliphatic heterocycles. The van der Waals surface area contributed by atoms with E-state index >= 15 is 0 Å². The van der Waals surface area contributed by atoms with Crippen LogP contribution in [0.2, 0.25) is 0 Å². The number of fused-ring (bicyclic) bond motifs is 1. The summed E-state index contributed by atoms with van der Waals surface area (Å²) in [6.07, 6.45) is 0. The van der Waals surface area contributed by atoms with E-state index in [9.17, 15) is 17.6 Å². The lowest BCUT2D eigenvalue weighted by Crippen LogP contribution is -2.32. The number of sulfonamides is 1. The van der Waals surface area contributed by atoms with Gasteiger partial charge in [-0.1, -0.05) is 21.1 Å². The van der Waals surface area contributed by atoms with Crippen LogP contribution in [-0.2, 0) is 16.6 Å². The molecule has 1 heterocycles. The molecule has 12 heteroatoms. The number of anilines is 1. The van der Waals surface area contributed by atoms with Crippen LogP contribution < -0.4 is 15.4 Å². The number of aromatic nitrogens is 3. The maximum Gasteiger partial charge on any atom is 0.319 e. The van der Waals surface area contributed by atoms with Crippen LogP contribution in [0.5, 0.6) is 0 Å². The van der Waals surface area contributed by atoms with Gasteiger partial charge in [-0.3, -0.25) is 0 Å². The van der Waals surface area contributed by atoms with E-state index in [-0.39, 0.29) is 23.2 Å². The first kappa shape index (κ1) is 22.1. The van der Waals surface area contributed by atoms with Crippen molar-refractivity contribution in [3.05, 3.63) is 46.7 Å². The molecule has 0 saturated heterocycles. The Morgan fingerprint density at radius 3 is 2.70 bits per heavy atom. The highest BCUT2D eigenvalue weighted by atomic mass is 79.9. The smallest absolute Gasteiger partial charge is 0.319 e. The molecule has 0 fully saturated rings. The third-order valence-electron chi connectivity index (χ3n) is 3.98. The lowest BCUT2D eigenvalue weighted by molar-refractivity contribution is 0.251. The number of carbonyl (C=O) groups is 1. The number of hydrogen-bond donors (Lipinski definition) is 3. The molecular formula is C18H20BrFN6O3S. The van der Waals surface area contributed by atoms with E-state index in [0.29, 0.717) is 22.1 Å². The molecule has 3 rings (SSSR count). The van der Waals surface area contributed by atoms with E-state index in [1.807, 2.05) is 0 Å². The van der Waals surface area contributed by atoms with Gasteiger partial charge in [-0.25, -0.2) is 27.0 Å². The summed E-state index contributed by atoms with van der Waals surface area (Å²) in [5, 5.41) is 13.0. The standard InChI is InChI=1S/C18H20BrFN6O3S/c1-11(2)24-30(28,29)13-4-6-17-16(10-13)23-25-26(17)8-7-21-18(27)22-15-5-3-12(19)9-14(15)20/h3-6,9-11,24H,7-8H2,1-2H3,(H2,21,22,27). The van der Waals surface area contributed by atoms with Crippen molar-refractivity contribution < 1.29 is 17.6 Å². The van der Waals surface area contributed by atoms with Crippen molar-refractivity contribution in [2.24, 2.45) is 0 Å². The largest absolute Gasteiger partial charge is 0.336 e. The lowest BCUT2D eigenvalue weighted by atomic mass is 10.3. The number of nitrogens with zero attached hydrogens (tertiary/aromatic N) is 3. The summed E-state index contributed by atoms with van der Waals surface area (Å²) < 4.78 is 43.0. The molecule has 1 aromatic heterocycles. The van der Waals surface area contributed by atoms with E-state index in [1.165, 1.54) is 24.3 Å². The first-order valence-electron chi connectivity index (χ1n) is 9.01. The quantitative estimate of drug-likeness (QED) is 0.462. The summed E-state index contributed by atoms with van der Waals surface area (Å²) in [4.78, 5) is 12.1. The van der Waals surface area contributed by atoms with Gasteiger partial charge in [0.15, 0.2) is 0 Å². The van der Waals surface area contributed by atoms with Crippen LogP contribution in [0.4, 0.5) is 14.9 Å². The van der Waals surface area contributed by atoms with Crippen LogP contribution in [0.25, 0.3) is 11.0 Å². The lowest BCUT2D eigenvalue weighted by Gasteiger charge is -2.10. The van der Waals surface area contributed by atoms with E-state index in [2.05, 4.69) is 41.6 Å². The summed E-state index contributed by atoms with van der Waals surface area (Å²) in [6.45, 7) is 3.97. The molecular weight excluding hydrogens is 479 g/mol. The minimum atomic E-state index is -3.63. The van der Waals surface area contributed by atoms with Gasteiger partial charge in [-0.2, -0.15) is 0 Å². The van der Waals surface area contributed by atoms with Crippen LogP contribution in [0.3, 0.4) is 0 Å². The summed E-state index contributed by atoms with van der Waals surface area (Å²) >= 11 is 3.15. The van der Waals surface area contributed by atoms with Gasteiger partial charge < -0.3 is 10.6 Å².